The average molecular weight is 257 g/mol. The minimum Gasteiger partial charge on any atom is -0.426 e. The number of halogens is 1. The Morgan fingerprint density at radius 1 is 1.12 bits per heavy atom. The lowest BCUT2D eigenvalue weighted by atomic mass is 10.3. The molecule has 0 aromatic heterocycles. The van der Waals surface area contributed by atoms with Gasteiger partial charge in [0.2, 0.25) is 0 Å². The highest BCUT2D eigenvalue weighted by Gasteiger charge is 2.09. The monoisotopic (exact) mass is 256 g/mol. The Morgan fingerprint density at radius 3 is 2.29 bits per heavy atom. The number of carbonyl (C=O) groups excluding carboxylic acids is 2. The lowest BCUT2D eigenvalue weighted by Crippen LogP contribution is -2.08. The van der Waals surface area contributed by atoms with Crippen LogP contribution in [0.5, 0.6) is 11.5 Å². The van der Waals surface area contributed by atoms with Gasteiger partial charge >= 0.3 is 11.9 Å². The average Bonchev–Trinajstić information content (AvgIpc) is 2.33. The maximum absolute atomic E-state index is 11.1. The predicted molar refractivity (Wildman–Crippen MR) is 63.3 cm³/mol. The van der Waals surface area contributed by atoms with Crippen LogP contribution in [0.1, 0.15) is 26.7 Å². The van der Waals surface area contributed by atoms with Crippen LogP contribution in [0.15, 0.2) is 18.2 Å². The van der Waals surface area contributed by atoms with E-state index in [4.69, 9.17) is 21.1 Å². The molecule has 92 valence electrons. The zero-order chi connectivity index (χ0) is 12.8. The van der Waals surface area contributed by atoms with Crippen LogP contribution in [0.25, 0.3) is 0 Å². The summed E-state index contributed by atoms with van der Waals surface area (Å²) >= 11 is 5.85. The van der Waals surface area contributed by atoms with Gasteiger partial charge in [0.25, 0.3) is 0 Å². The second kappa shape index (κ2) is 6.25. The van der Waals surface area contributed by atoms with Gasteiger partial charge in [-0.15, -0.1) is 0 Å². The van der Waals surface area contributed by atoms with E-state index in [0.717, 1.165) is 0 Å². The summed E-state index contributed by atoms with van der Waals surface area (Å²) in [7, 11) is 0. The summed E-state index contributed by atoms with van der Waals surface area (Å²) in [6.07, 6.45) is 0.516. The molecule has 0 N–H and O–H groups in total. The summed E-state index contributed by atoms with van der Waals surface area (Å²) in [6.45, 7) is 3.37. The first-order valence-electron chi connectivity index (χ1n) is 5.27. The van der Waals surface area contributed by atoms with Gasteiger partial charge in [-0.05, 0) is 12.1 Å². The molecule has 0 unspecified atom stereocenters. The highest BCUT2D eigenvalue weighted by atomic mass is 35.5. The van der Waals surface area contributed by atoms with Crippen LogP contribution in [0.3, 0.4) is 0 Å². The molecule has 0 heterocycles. The van der Waals surface area contributed by atoms with Crippen molar-refractivity contribution in [2.75, 3.05) is 0 Å². The van der Waals surface area contributed by atoms with E-state index in [1.165, 1.54) is 12.1 Å². The van der Waals surface area contributed by atoms with Crippen molar-refractivity contribution in [3.8, 4) is 11.5 Å². The molecule has 0 saturated carbocycles. The third kappa shape index (κ3) is 4.07. The number of benzene rings is 1. The van der Waals surface area contributed by atoms with Gasteiger partial charge in [0, 0.05) is 18.9 Å². The third-order valence-electron chi connectivity index (χ3n) is 1.94. The maximum atomic E-state index is 11.1. The fourth-order valence-electron chi connectivity index (χ4n) is 1.02. The van der Waals surface area contributed by atoms with Gasteiger partial charge in [-0.2, -0.15) is 0 Å². The molecule has 0 radical (unpaired) electrons. The highest BCUT2D eigenvalue weighted by molar-refractivity contribution is 6.32. The molecule has 0 spiro atoms. The summed E-state index contributed by atoms with van der Waals surface area (Å²) in [5, 5.41) is 0.295. The van der Waals surface area contributed by atoms with Crippen molar-refractivity contribution in [3.63, 3.8) is 0 Å². The van der Waals surface area contributed by atoms with E-state index in [9.17, 15) is 9.59 Å². The van der Waals surface area contributed by atoms with Crippen LogP contribution in [0.2, 0.25) is 5.02 Å². The summed E-state index contributed by atoms with van der Waals surface area (Å²) in [6, 6.07) is 4.47. The Labute approximate surface area is 104 Å². The quantitative estimate of drug-likeness (QED) is 0.614. The fraction of sp³-hybridized carbons (Fsp3) is 0.333. The first-order chi connectivity index (χ1) is 8.06. The molecule has 1 aromatic rings. The van der Waals surface area contributed by atoms with Crippen molar-refractivity contribution in [2.45, 2.75) is 26.7 Å². The summed E-state index contributed by atoms with van der Waals surface area (Å²) in [4.78, 5) is 22.2. The second-order valence-electron chi connectivity index (χ2n) is 3.25. The maximum Gasteiger partial charge on any atom is 0.310 e. The lowest BCUT2D eigenvalue weighted by molar-refractivity contribution is -0.134. The number of rotatable bonds is 4. The normalized spacial score (nSPS) is 9.82. The molecule has 0 saturated heterocycles. The largest absolute Gasteiger partial charge is 0.426 e. The Morgan fingerprint density at radius 2 is 1.71 bits per heavy atom. The molecule has 1 rings (SSSR count). The van der Waals surface area contributed by atoms with Crippen molar-refractivity contribution in [2.24, 2.45) is 0 Å². The first-order valence-corrected chi connectivity index (χ1v) is 5.65. The number of hydrogen-bond acceptors (Lipinski definition) is 4. The van der Waals surface area contributed by atoms with E-state index in [1.807, 2.05) is 0 Å². The number of carbonyl (C=O) groups is 2. The topological polar surface area (TPSA) is 52.6 Å². The molecular weight excluding hydrogens is 244 g/mol. The van der Waals surface area contributed by atoms with Crippen LogP contribution in [-0.4, -0.2) is 11.9 Å². The Balaban J connectivity index is 2.86. The molecule has 0 fully saturated rings. The summed E-state index contributed by atoms with van der Waals surface area (Å²) in [5.41, 5.74) is 0. The first kappa shape index (κ1) is 13.5. The zero-order valence-corrected chi connectivity index (χ0v) is 10.4. The summed E-state index contributed by atoms with van der Waals surface area (Å²) < 4.78 is 9.97. The molecule has 0 aliphatic carbocycles. The molecule has 0 bridgehead atoms. The van der Waals surface area contributed by atoms with E-state index in [1.54, 1.807) is 19.9 Å². The van der Waals surface area contributed by atoms with Crippen molar-refractivity contribution in [1.29, 1.82) is 0 Å². The van der Waals surface area contributed by atoms with E-state index < -0.39 is 5.97 Å². The molecular formula is C12H13ClO4. The second-order valence-corrected chi connectivity index (χ2v) is 3.65. The fourth-order valence-corrected chi connectivity index (χ4v) is 1.18. The molecule has 17 heavy (non-hydrogen) atoms. The van der Waals surface area contributed by atoms with Crippen LogP contribution < -0.4 is 9.47 Å². The van der Waals surface area contributed by atoms with Gasteiger partial charge in [0.15, 0.2) is 5.75 Å². The standard InChI is InChI=1S/C12H13ClO4/c1-3-11(14)16-8-5-6-9(13)10(7-8)17-12(15)4-2/h5-7H,3-4H2,1-2H3. The highest BCUT2D eigenvalue weighted by Crippen LogP contribution is 2.29. The van der Waals surface area contributed by atoms with E-state index in [2.05, 4.69) is 0 Å². The Hall–Kier alpha value is -1.55. The van der Waals surface area contributed by atoms with E-state index >= 15 is 0 Å². The van der Waals surface area contributed by atoms with Crippen LogP contribution in [-0.2, 0) is 9.59 Å². The van der Waals surface area contributed by atoms with Gasteiger partial charge in [-0.1, -0.05) is 25.4 Å². The molecule has 0 aliphatic heterocycles. The number of esters is 2. The SMILES string of the molecule is CCC(=O)Oc1ccc(Cl)c(OC(=O)CC)c1. The van der Waals surface area contributed by atoms with Crippen LogP contribution in [0.4, 0.5) is 0 Å². The van der Waals surface area contributed by atoms with Gasteiger partial charge in [0.05, 0.1) is 5.02 Å². The molecule has 4 nitrogen and oxygen atoms in total. The van der Waals surface area contributed by atoms with Crippen LogP contribution in [0, 0.1) is 0 Å². The molecule has 0 aliphatic rings. The zero-order valence-electron chi connectivity index (χ0n) is 9.66. The number of hydrogen-bond donors (Lipinski definition) is 0. The number of ether oxygens (including phenoxy) is 2. The molecule has 1 aromatic carbocycles. The molecule has 5 heteroatoms. The predicted octanol–water partition coefficient (Wildman–Crippen LogP) is 2.97. The summed E-state index contributed by atoms with van der Waals surface area (Å²) in [5.74, 6) is -0.258. The van der Waals surface area contributed by atoms with Gasteiger partial charge in [0.1, 0.15) is 5.75 Å². The van der Waals surface area contributed by atoms with Crippen molar-refractivity contribution in [1.82, 2.24) is 0 Å². The smallest absolute Gasteiger partial charge is 0.310 e. The minimum absolute atomic E-state index is 0.194. The Kier molecular flexibility index (Phi) is 4.97. The van der Waals surface area contributed by atoms with Gasteiger partial charge in [-0.3, -0.25) is 9.59 Å². The van der Waals surface area contributed by atoms with Crippen molar-refractivity contribution in [3.05, 3.63) is 23.2 Å². The van der Waals surface area contributed by atoms with Gasteiger partial charge < -0.3 is 9.47 Å². The molecule has 0 atom stereocenters. The van der Waals surface area contributed by atoms with Crippen molar-refractivity contribution < 1.29 is 19.1 Å². The minimum atomic E-state index is -0.397. The third-order valence-corrected chi connectivity index (χ3v) is 2.25. The molecule has 0 amide bonds. The lowest BCUT2D eigenvalue weighted by Gasteiger charge is -2.07. The van der Waals surface area contributed by atoms with E-state index in [0.29, 0.717) is 10.8 Å². The Bertz CT molecular complexity index is 429. The van der Waals surface area contributed by atoms with Crippen LogP contribution >= 0.6 is 11.6 Å². The van der Waals surface area contributed by atoms with E-state index in [-0.39, 0.29) is 24.6 Å². The van der Waals surface area contributed by atoms with Gasteiger partial charge in [-0.25, -0.2) is 0 Å². The van der Waals surface area contributed by atoms with Crippen molar-refractivity contribution >= 4 is 23.5 Å².